The molecular formula is C23H23FN2O4S. The lowest BCUT2D eigenvalue weighted by atomic mass is 10.2. The first-order chi connectivity index (χ1) is 14.9. The number of benzene rings is 3. The molecule has 1 N–H and O–H groups in total. The molecular weight excluding hydrogens is 419 g/mol. The Morgan fingerprint density at radius 2 is 1.61 bits per heavy atom. The number of carbonyl (C=O) groups excluding carboxylic acids is 1. The minimum Gasteiger partial charge on any atom is -0.492 e. The number of anilines is 1. The summed E-state index contributed by atoms with van der Waals surface area (Å²) < 4.78 is 46.3. The van der Waals surface area contributed by atoms with Gasteiger partial charge in [0.25, 0.3) is 0 Å². The van der Waals surface area contributed by atoms with Crippen LogP contribution < -0.4 is 10.1 Å². The van der Waals surface area contributed by atoms with E-state index in [9.17, 15) is 17.6 Å². The molecule has 0 unspecified atom stereocenters. The molecule has 3 aromatic rings. The number of hydrogen-bond acceptors (Lipinski definition) is 4. The van der Waals surface area contributed by atoms with Gasteiger partial charge < -0.3 is 10.1 Å². The van der Waals surface area contributed by atoms with Gasteiger partial charge in [0.15, 0.2) is 0 Å². The lowest BCUT2D eigenvalue weighted by molar-refractivity contribution is -0.116. The maximum absolute atomic E-state index is 13.3. The first kappa shape index (κ1) is 22.5. The first-order valence-corrected chi connectivity index (χ1v) is 11.2. The van der Waals surface area contributed by atoms with E-state index in [1.165, 1.54) is 12.1 Å². The lowest BCUT2D eigenvalue weighted by Crippen LogP contribution is -2.37. The number of nitrogens with one attached hydrogen (secondary N) is 1. The maximum atomic E-state index is 13.3. The van der Waals surface area contributed by atoms with E-state index in [4.69, 9.17) is 4.74 Å². The highest BCUT2D eigenvalue weighted by atomic mass is 32.2. The second-order valence-electron chi connectivity index (χ2n) is 6.69. The Morgan fingerprint density at radius 1 is 0.968 bits per heavy atom. The molecule has 0 radical (unpaired) electrons. The number of amides is 1. The second kappa shape index (κ2) is 10.2. The number of nitrogens with zero attached hydrogens (tertiary/aromatic N) is 1. The van der Waals surface area contributed by atoms with Crippen LogP contribution in [0.2, 0.25) is 0 Å². The van der Waals surface area contributed by atoms with Crippen molar-refractivity contribution >= 4 is 21.6 Å². The van der Waals surface area contributed by atoms with Crippen molar-refractivity contribution in [3.8, 4) is 5.75 Å². The third kappa shape index (κ3) is 5.90. The van der Waals surface area contributed by atoms with Gasteiger partial charge in [-0.05, 0) is 48.9 Å². The van der Waals surface area contributed by atoms with Crippen LogP contribution in [-0.2, 0) is 21.4 Å². The predicted octanol–water partition coefficient (Wildman–Crippen LogP) is 4.05. The number of rotatable bonds is 9. The van der Waals surface area contributed by atoms with Crippen molar-refractivity contribution in [1.82, 2.24) is 4.31 Å². The summed E-state index contributed by atoms with van der Waals surface area (Å²) in [6.07, 6.45) is 0. The summed E-state index contributed by atoms with van der Waals surface area (Å²) in [6.45, 7) is 1.82. The number of carbonyl (C=O) groups is 1. The van der Waals surface area contributed by atoms with E-state index in [0.717, 1.165) is 22.0 Å². The fourth-order valence-electron chi connectivity index (χ4n) is 2.97. The van der Waals surface area contributed by atoms with Crippen LogP contribution in [0, 0.1) is 5.82 Å². The molecule has 0 spiro atoms. The fourth-order valence-corrected chi connectivity index (χ4v) is 4.35. The maximum Gasteiger partial charge on any atom is 0.243 e. The van der Waals surface area contributed by atoms with Crippen molar-refractivity contribution in [3.63, 3.8) is 0 Å². The summed E-state index contributed by atoms with van der Waals surface area (Å²) in [4.78, 5) is 12.7. The van der Waals surface area contributed by atoms with Crippen LogP contribution in [0.3, 0.4) is 0 Å². The fraction of sp³-hybridized carbons (Fsp3) is 0.174. The number of ether oxygens (including phenoxy) is 1. The molecule has 162 valence electrons. The predicted molar refractivity (Wildman–Crippen MR) is 117 cm³/mol. The van der Waals surface area contributed by atoms with Gasteiger partial charge in [0.1, 0.15) is 11.6 Å². The molecule has 3 aromatic carbocycles. The van der Waals surface area contributed by atoms with E-state index in [2.05, 4.69) is 5.32 Å². The number of para-hydroxylation sites is 2. The van der Waals surface area contributed by atoms with Crippen LogP contribution in [0.1, 0.15) is 12.5 Å². The Hall–Kier alpha value is -3.23. The third-order valence-corrected chi connectivity index (χ3v) is 6.24. The summed E-state index contributed by atoms with van der Waals surface area (Å²) in [6, 6.07) is 20.4. The Morgan fingerprint density at radius 3 is 2.29 bits per heavy atom. The van der Waals surface area contributed by atoms with E-state index in [-0.39, 0.29) is 11.4 Å². The van der Waals surface area contributed by atoms with Crippen molar-refractivity contribution in [2.24, 2.45) is 0 Å². The minimum atomic E-state index is -4.05. The van der Waals surface area contributed by atoms with E-state index in [0.29, 0.717) is 18.0 Å². The van der Waals surface area contributed by atoms with E-state index >= 15 is 0 Å². The molecule has 0 aliphatic carbocycles. The van der Waals surface area contributed by atoms with Crippen LogP contribution in [0.15, 0.2) is 83.8 Å². The van der Waals surface area contributed by atoms with Crippen molar-refractivity contribution in [2.75, 3.05) is 18.5 Å². The zero-order valence-electron chi connectivity index (χ0n) is 17.0. The van der Waals surface area contributed by atoms with Gasteiger partial charge in [-0.25, -0.2) is 12.8 Å². The largest absolute Gasteiger partial charge is 0.492 e. The second-order valence-corrected chi connectivity index (χ2v) is 8.63. The normalized spacial score (nSPS) is 11.3. The molecule has 0 fully saturated rings. The Kier molecular flexibility index (Phi) is 7.38. The zero-order valence-corrected chi connectivity index (χ0v) is 17.8. The average Bonchev–Trinajstić information content (AvgIpc) is 2.76. The molecule has 31 heavy (non-hydrogen) atoms. The third-order valence-electron chi connectivity index (χ3n) is 4.43. The Balaban J connectivity index is 1.86. The molecule has 0 aliphatic heterocycles. The molecule has 8 heteroatoms. The van der Waals surface area contributed by atoms with Crippen molar-refractivity contribution in [3.05, 3.63) is 90.2 Å². The molecule has 3 rings (SSSR count). The van der Waals surface area contributed by atoms with Gasteiger partial charge in [-0.3, -0.25) is 4.79 Å². The standard InChI is InChI=1S/C23H23FN2O4S/c1-2-30-22-11-7-6-10-21(22)25-23(27)17-26(16-18-8-4-3-5-9-18)31(28,29)20-14-12-19(24)13-15-20/h3-15H,2,16-17H2,1H3,(H,25,27). The Labute approximate surface area is 181 Å². The average molecular weight is 443 g/mol. The monoisotopic (exact) mass is 442 g/mol. The van der Waals surface area contributed by atoms with Crippen LogP contribution >= 0.6 is 0 Å². The van der Waals surface area contributed by atoms with Gasteiger partial charge in [0.2, 0.25) is 15.9 Å². The van der Waals surface area contributed by atoms with Gasteiger partial charge in [-0.1, -0.05) is 42.5 Å². The Bertz CT molecular complexity index is 1120. The van der Waals surface area contributed by atoms with E-state index in [1.54, 1.807) is 48.5 Å². The summed E-state index contributed by atoms with van der Waals surface area (Å²) in [5.41, 5.74) is 1.17. The van der Waals surface area contributed by atoms with Crippen LogP contribution in [-0.4, -0.2) is 31.8 Å². The smallest absolute Gasteiger partial charge is 0.243 e. The van der Waals surface area contributed by atoms with Gasteiger partial charge in [-0.2, -0.15) is 4.31 Å². The van der Waals surface area contributed by atoms with Crippen molar-refractivity contribution in [2.45, 2.75) is 18.4 Å². The molecule has 0 aromatic heterocycles. The topological polar surface area (TPSA) is 75.7 Å². The highest BCUT2D eigenvalue weighted by Crippen LogP contribution is 2.24. The molecule has 0 saturated heterocycles. The molecule has 0 atom stereocenters. The van der Waals surface area contributed by atoms with Gasteiger partial charge in [0.05, 0.1) is 23.7 Å². The molecule has 1 amide bonds. The molecule has 0 saturated carbocycles. The summed E-state index contributed by atoms with van der Waals surface area (Å²) in [5.74, 6) is -0.568. The van der Waals surface area contributed by atoms with E-state index < -0.39 is 28.3 Å². The summed E-state index contributed by atoms with van der Waals surface area (Å²) in [5, 5.41) is 2.71. The molecule has 0 heterocycles. The zero-order chi connectivity index (χ0) is 22.3. The number of sulfonamides is 1. The molecule has 6 nitrogen and oxygen atoms in total. The van der Waals surface area contributed by atoms with Gasteiger partial charge >= 0.3 is 0 Å². The lowest BCUT2D eigenvalue weighted by Gasteiger charge is -2.22. The first-order valence-electron chi connectivity index (χ1n) is 9.71. The van der Waals surface area contributed by atoms with Crippen LogP contribution in [0.5, 0.6) is 5.75 Å². The summed E-state index contributed by atoms with van der Waals surface area (Å²) >= 11 is 0. The minimum absolute atomic E-state index is 0.0128. The highest BCUT2D eigenvalue weighted by molar-refractivity contribution is 7.89. The number of halogens is 1. The van der Waals surface area contributed by atoms with Gasteiger partial charge in [-0.15, -0.1) is 0 Å². The molecule has 0 bridgehead atoms. The van der Waals surface area contributed by atoms with E-state index in [1.807, 2.05) is 13.0 Å². The van der Waals surface area contributed by atoms with Crippen molar-refractivity contribution < 1.29 is 22.3 Å². The SMILES string of the molecule is CCOc1ccccc1NC(=O)CN(Cc1ccccc1)S(=O)(=O)c1ccc(F)cc1. The van der Waals surface area contributed by atoms with Crippen molar-refractivity contribution in [1.29, 1.82) is 0 Å². The van der Waals surface area contributed by atoms with Gasteiger partial charge in [0, 0.05) is 6.54 Å². The highest BCUT2D eigenvalue weighted by Gasteiger charge is 2.27. The van der Waals surface area contributed by atoms with Crippen LogP contribution in [0.4, 0.5) is 10.1 Å². The quantitative estimate of drug-likeness (QED) is 0.542. The van der Waals surface area contributed by atoms with Crippen LogP contribution in [0.25, 0.3) is 0 Å². The molecule has 0 aliphatic rings. The number of hydrogen-bond donors (Lipinski definition) is 1. The summed E-state index contributed by atoms with van der Waals surface area (Å²) in [7, 11) is -4.05.